The second-order valence-electron chi connectivity index (χ2n) is 4.98. The molecule has 0 aliphatic carbocycles. The highest BCUT2D eigenvalue weighted by molar-refractivity contribution is 7.16. The average molecular weight is 313 g/mol. The molecule has 0 N–H and O–H groups in total. The van der Waals surface area contributed by atoms with E-state index >= 15 is 0 Å². The van der Waals surface area contributed by atoms with Gasteiger partial charge in [-0.05, 0) is 37.1 Å². The molecular weight excluding hydrogens is 298 g/mol. The highest BCUT2D eigenvalue weighted by Gasteiger charge is 2.12. The monoisotopic (exact) mass is 313 g/mol. The first-order valence-corrected chi connectivity index (χ1v) is 7.63. The fourth-order valence-electron chi connectivity index (χ4n) is 2.18. The molecule has 0 saturated carbocycles. The Labute approximate surface area is 131 Å². The van der Waals surface area contributed by atoms with Crippen molar-refractivity contribution < 1.29 is 9.32 Å². The molecule has 3 aromatic rings. The molecule has 0 spiro atoms. The van der Waals surface area contributed by atoms with Crippen LogP contribution in [-0.4, -0.2) is 15.6 Å². The standard InChI is InChI=1S/C16H15N3O2S/c1-4-7-19-12-8-10(2)11(3)9-14(12)22-16(19)18-15(20)13-5-6-17-21-13/h4-6,8-9H,1,7H2,2-3H3. The predicted octanol–water partition coefficient (Wildman–Crippen LogP) is 3.23. The van der Waals surface area contributed by atoms with E-state index < -0.39 is 5.91 Å². The zero-order valence-corrected chi connectivity index (χ0v) is 13.2. The Morgan fingerprint density at radius 3 is 2.91 bits per heavy atom. The van der Waals surface area contributed by atoms with E-state index in [9.17, 15) is 4.79 Å². The molecule has 0 saturated heterocycles. The Kier molecular flexibility index (Phi) is 3.77. The van der Waals surface area contributed by atoms with Crippen molar-refractivity contribution in [1.29, 1.82) is 0 Å². The Morgan fingerprint density at radius 2 is 2.23 bits per heavy atom. The molecule has 112 valence electrons. The number of amides is 1. The van der Waals surface area contributed by atoms with Crippen molar-refractivity contribution in [3.8, 4) is 0 Å². The highest BCUT2D eigenvalue weighted by Crippen LogP contribution is 2.22. The normalized spacial score (nSPS) is 12.0. The smallest absolute Gasteiger partial charge is 0.318 e. The maximum atomic E-state index is 12.1. The third kappa shape index (κ3) is 2.53. The molecule has 5 nitrogen and oxygen atoms in total. The number of hydrogen-bond donors (Lipinski definition) is 0. The van der Waals surface area contributed by atoms with Crippen LogP contribution in [0.2, 0.25) is 0 Å². The van der Waals surface area contributed by atoms with Gasteiger partial charge in [0.25, 0.3) is 0 Å². The number of aromatic nitrogens is 2. The zero-order valence-electron chi connectivity index (χ0n) is 12.4. The summed E-state index contributed by atoms with van der Waals surface area (Å²) in [5.74, 6) is -0.301. The number of fused-ring (bicyclic) bond motifs is 1. The lowest BCUT2D eigenvalue weighted by atomic mass is 10.1. The van der Waals surface area contributed by atoms with Crippen molar-refractivity contribution in [3.63, 3.8) is 0 Å². The number of allylic oxidation sites excluding steroid dienone is 1. The summed E-state index contributed by atoms with van der Waals surface area (Å²) < 4.78 is 7.93. The highest BCUT2D eigenvalue weighted by atomic mass is 32.1. The van der Waals surface area contributed by atoms with E-state index in [1.165, 1.54) is 34.7 Å². The van der Waals surface area contributed by atoms with Crippen molar-refractivity contribution in [2.45, 2.75) is 20.4 Å². The molecule has 1 aromatic carbocycles. The van der Waals surface area contributed by atoms with Gasteiger partial charge in [-0.25, -0.2) is 0 Å². The fourth-order valence-corrected chi connectivity index (χ4v) is 3.30. The number of hydrogen-bond acceptors (Lipinski definition) is 4. The zero-order chi connectivity index (χ0) is 15.7. The van der Waals surface area contributed by atoms with E-state index in [1.54, 1.807) is 6.08 Å². The summed E-state index contributed by atoms with van der Waals surface area (Å²) in [5.41, 5.74) is 3.47. The van der Waals surface area contributed by atoms with E-state index in [0.29, 0.717) is 11.3 Å². The van der Waals surface area contributed by atoms with Crippen LogP contribution in [0.5, 0.6) is 0 Å². The Morgan fingerprint density at radius 1 is 1.45 bits per heavy atom. The van der Waals surface area contributed by atoms with Gasteiger partial charge in [-0.3, -0.25) is 4.79 Å². The molecule has 0 aliphatic rings. The van der Waals surface area contributed by atoms with Gasteiger partial charge in [0.1, 0.15) is 0 Å². The number of nitrogens with zero attached hydrogens (tertiary/aromatic N) is 3. The molecule has 2 aromatic heterocycles. The third-order valence-electron chi connectivity index (χ3n) is 3.46. The summed E-state index contributed by atoms with van der Waals surface area (Å²) in [6, 6.07) is 5.74. The maximum Gasteiger partial charge on any atom is 0.318 e. The number of aryl methyl sites for hydroxylation is 2. The molecule has 3 rings (SSSR count). The van der Waals surface area contributed by atoms with Gasteiger partial charge < -0.3 is 9.09 Å². The molecule has 2 heterocycles. The summed E-state index contributed by atoms with van der Waals surface area (Å²) in [6.45, 7) is 8.51. The molecule has 0 atom stereocenters. The van der Waals surface area contributed by atoms with E-state index in [0.717, 1.165) is 10.2 Å². The SMILES string of the molecule is C=CCn1c(=NC(=O)c2ccno2)sc2cc(C)c(C)cc21. The number of carbonyl (C=O) groups is 1. The van der Waals surface area contributed by atoms with Gasteiger partial charge in [-0.2, -0.15) is 4.99 Å². The molecule has 0 unspecified atom stereocenters. The third-order valence-corrected chi connectivity index (χ3v) is 4.50. The molecular formula is C16H15N3O2S. The molecule has 0 bridgehead atoms. The molecule has 1 amide bonds. The van der Waals surface area contributed by atoms with Crippen LogP contribution >= 0.6 is 11.3 Å². The summed E-state index contributed by atoms with van der Waals surface area (Å²) in [5, 5.41) is 3.53. The first kappa shape index (κ1) is 14.5. The van der Waals surface area contributed by atoms with Crippen LogP contribution in [-0.2, 0) is 6.54 Å². The minimum Gasteiger partial charge on any atom is -0.351 e. The molecule has 0 fully saturated rings. The fraction of sp³-hybridized carbons (Fsp3) is 0.188. The molecule has 0 radical (unpaired) electrons. The first-order valence-electron chi connectivity index (χ1n) is 6.81. The van der Waals surface area contributed by atoms with Gasteiger partial charge in [0.05, 0.1) is 16.4 Å². The maximum absolute atomic E-state index is 12.1. The van der Waals surface area contributed by atoms with E-state index in [2.05, 4.69) is 42.7 Å². The number of carbonyl (C=O) groups excluding carboxylic acids is 1. The van der Waals surface area contributed by atoms with Crippen LogP contribution < -0.4 is 4.80 Å². The lowest BCUT2D eigenvalue weighted by Crippen LogP contribution is -2.16. The van der Waals surface area contributed by atoms with Gasteiger partial charge in [0.2, 0.25) is 5.76 Å². The van der Waals surface area contributed by atoms with Crippen molar-refractivity contribution in [2.75, 3.05) is 0 Å². The molecule has 0 aliphatic heterocycles. The van der Waals surface area contributed by atoms with Gasteiger partial charge in [-0.15, -0.1) is 6.58 Å². The molecule has 6 heteroatoms. The molecule has 22 heavy (non-hydrogen) atoms. The lowest BCUT2D eigenvalue weighted by Gasteiger charge is -2.03. The lowest BCUT2D eigenvalue weighted by molar-refractivity contribution is 0.0962. The Balaban J connectivity index is 2.22. The average Bonchev–Trinajstić information content (AvgIpc) is 3.11. The van der Waals surface area contributed by atoms with Gasteiger partial charge >= 0.3 is 5.91 Å². The minimum absolute atomic E-state index is 0.134. The van der Waals surface area contributed by atoms with Gasteiger partial charge in [0.15, 0.2) is 4.80 Å². The van der Waals surface area contributed by atoms with Crippen molar-refractivity contribution in [1.82, 2.24) is 9.72 Å². The van der Waals surface area contributed by atoms with Crippen LogP contribution in [0.25, 0.3) is 10.2 Å². The van der Waals surface area contributed by atoms with Gasteiger partial charge in [0, 0.05) is 12.6 Å². The topological polar surface area (TPSA) is 60.4 Å². The summed E-state index contributed by atoms with van der Waals surface area (Å²) in [4.78, 5) is 16.9. The van der Waals surface area contributed by atoms with Crippen LogP contribution in [0.3, 0.4) is 0 Å². The Bertz CT molecular complexity index is 917. The summed E-state index contributed by atoms with van der Waals surface area (Å²) in [7, 11) is 0. The quantitative estimate of drug-likeness (QED) is 0.697. The van der Waals surface area contributed by atoms with Crippen molar-refractivity contribution in [3.05, 3.63) is 58.7 Å². The van der Waals surface area contributed by atoms with Crippen LogP contribution in [0.4, 0.5) is 0 Å². The second kappa shape index (κ2) is 5.73. The van der Waals surface area contributed by atoms with Crippen LogP contribution in [0.1, 0.15) is 21.7 Å². The first-order chi connectivity index (χ1) is 10.6. The Hall–Kier alpha value is -2.47. The van der Waals surface area contributed by atoms with E-state index in [4.69, 9.17) is 4.52 Å². The van der Waals surface area contributed by atoms with E-state index in [1.807, 2.05) is 4.57 Å². The summed E-state index contributed by atoms with van der Waals surface area (Å²) >= 11 is 1.48. The minimum atomic E-state index is -0.435. The predicted molar refractivity (Wildman–Crippen MR) is 85.9 cm³/mol. The number of benzene rings is 1. The van der Waals surface area contributed by atoms with Gasteiger partial charge in [-0.1, -0.05) is 22.6 Å². The van der Waals surface area contributed by atoms with Crippen LogP contribution in [0.15, 0.2) is 46.6 Å². The number of thiazole rings is 1. The van der Waals surface area contributed by atoms with Crippen molar-refractivity contribution in [2.24, 2.45) is 4.99 Å². The van der Waals surface area contributed by atoms with Crippen molar-refractivity contribution >= 4 is 27.5 Å². The van der Waals surface area contributed by atoms with Crippen LogP contribution in [0, 0.1) is 13.8 Å². The second-order valence-corrected chi connectivity index (χ2v) is 5.99. The van der Waals surface area contributed by atoms with E-state index in [-0.39, 0.29) is 5.76 Å². The largest absolute Gasteiger partial charge is 0.351 e. The number of rotatable bonds is 3. The summed E-state index contributed by atoms with van der Waals surface area (Å²) in [6.07, 6.45) is 3.22.